The zero-order valence-corrected chi connectivity index (χ0v) is 39.0. The fourth-order valence-electron chi connectivity index (χ4n) is 12.0. The Labute approximate surface area is 413 Å². The van der Waals surface area contributed by atoms with Gasteiger partial charge in [-0.2, -0.15) is 0 Å². The van der Waals surface area contributed by atoms with Gasteiger partial charge in [0.05, 0.1) is 22.1 Å². The van der Waals surface area contributed by atoms with Gasteiger partial charge in [-0.25, -0.2) is 0 Å². The van der Waals surface area contributed by atoms with E-state index in [4.69, 9.17) is 0 Å². The van der Waals surface area contributed by atoms with Crippen LogP contribution in [-0.4, -0.2) is 4.57 Å². The third-order valence-electron chi connectivity index (χ3n) is 15.0. The Kier molecular flexibility index (Phi) is 9.47. The molecule has 0 aliphatic heterocycles. The van der Waals surface area contributed by atoms with Gasteiger partial charge in [0.2, 0.25) is 0 Å². The molecule has 0 saturated heterocycles. The van der Waals surface area contributed by atoms with Gasteiger partial charge in [0.1, 0.15) is 0 Å². The highest BCUT2D eigenvalue weighted by Gasteiger charge is 2.47. The second kappa shape index (κ2) is 16.5. The molecular weight excluding hydrogens is 857 g/mol. The summed E-state index contributed by atoms with van der Waals surface area (Å²) in [4.78, 5) is 2.35. The average Bonchev–Trinajstić information content (AvgIpc) is 3.95. The van der Waals surface area contributed by atoms with E-state index in [-0.39, 0.29) is 0 Å². The van der Waals surface area contributed by atoms with Crippen LogP contribution in [0, 0.1) is 0 Å². The topological polar surface area (TPSA) is 8.17 Å². The normalized spacial score (nSPS) is 12.6. The van der Waals surface area contributed by atoms with Crippen molar-refractivity contribution in [1.29, 1.82) is 0 Å². The summed E-state index contributed by atoms with van der Waals surface area (Å²) in [6.07, 6.45) is 0. The zero-order valence-electron chi connectivity index (χ0n) is 39.0. The molecule has 14 rings (SSSR count). The number of fused-ring (bicyclic) bond motifs is 10. The van der Waals surface area contributed by atoms with Crippen molar-refractivity contribution in [2.75, 3.05) is 4.90 Å². The molecule has 2 heteroatoms. The predicted octanol–water partition coefficient (Wildman–Crippen LogP) is 18.3. The van der Waals surface area contributed by atoms with Crippen LogP contribution in [0.1, 0.15) is 22.3 Å². The number of rotatable bonds is 8. The minimum atomic E-state index is -0.552. The molecule has 12 aromatic carbocycles. The fraction of sp³-hybridized carbons (Fsp3) is 0.0145. The lowest BCUT2D eigenvalue weighted by molar-refractivity contribution is 0.768. The first-order chi connectivity index (χ1) is 35.2. The van der Waals surface area contributed by atoms with Gasteiger partial charge in [-0.3, -0.25) is 0 Å². The molecule has 1 aromatic heterocycles. The second-order valence-electron chi connectivity index (χ2n) is 18.8. The standard InChI is InChI=1S/C69H46N2/c1-5-21-52(22-6-1)69(53-23-7-2-8-24-53)62-43-38-48-19-13-15-30-58(48)67(62)60-42-40-56(46-63(60)69)71-65-44-39-49-20-14-16-31-59(49)68(65)61-41-37-51(45-66(61)71)47-33-35-50(36-34-47)57-29-17-18-32-64(57)70(54-25-9-3-10-26-54)55-27-11-4-12-28-55/h1-46H. The summed E-state index contributed by atoms with van der Waals surface area (Å²) in [7, 11) is 0. The smallest absolute Gasteiger partial charge is 0.0714 e. The number of nitrogens with zero attached hydrogens (tertiary/aromatic N) is 2. The van der Waals surface area contributed by atoms with Crippen LogP contribution in [0.15, 0.2) is 279 Å². The quantitative estimate of drug-likeness (QED) is 0.147. The third-order valence-corrected chi connectivity index (χ3v) is 15.0. The van der Waals surface area contributed by atoms with Crippen LogP contribution in [0.5, 0.6) is 0 Å². The molecule has 1 aliphatic carbocycles. The Bertz CT molecular complexity index is 4060. The van der Waals surface area contributed by atoms with Crippen molar-refractivity contribution in [1.82, 2.24) is 4.57 Å². The maximum atomic E-state index is 2.52. The van der Waals surface area contributed by atoms with E-state index in [0.717, 1.165) is 28.3 Å². The first-order valence-corrected chi connectivity index (χ1v) is 24.6. The van der Waals surface area contributed by atoms with Gasteiger partial charge < -0.3 is 9.47 Å². The van der Waals surface area contributed by atoms with Crippen molar-refractivity contribution in [2.45, 2.75) is 5.41 Å². The lowest BCUT2D eigenvalue weighted by Gasteiger charge is -2.34. The molecule has 0 bridgehead atoms. The van der Waals surface area contributed by atoms with Crippen molar-refractivity contribution in [3.63, 3.8) is 0 Å². The van der Waals surface area contributed by atoms with Crippen LogP contribution < -0.4 is 4.90 Å². The molecule has 0 saturated carbocycles. The molecular formula is C69H46N2. The highest BCUT2D eigenvalue weighted by atomic mass is 15.1. The van der Waals surface area contributed by atoms with E-state index in [1.54, 1.807) is 0 Å². The number of benzene rings is 12. The first kappa shape index (κ1) is 40.8. The average molecular weight is 903 g/mol. The third kappa shape index (κ3) is 6.35. The summed E-state index contributed by atoms with van der Waals surface area (Å²) in [6, 6.07) is 103. The van der Waals surface area contributed by atoms with Crippen LogP contribution in [0.2, 0.25) is 0 Å². The minimum absolute atomic E-state index is 0.552. The molecule has 0 fully saturated rings. The van der Waals surface area contributed by atoms with Crippen molar-refractivity contribution < 1.29 is 0 Å². The van der Waals surface area contributed by atoms with Gasteiger partial charge in [0, 0.05) is 33.4 Å². The summed E-state index contributed by atoms with van der Waals surface area (Å²) in [5, 5.41) is 7.52. The van der Waals surface area contributed by atoms with Crippen LogP contribution in [0.25, 0.3) is 82.4 Å². The predicted molar refractivity (Wildman–Crippen MR) is 299 cm³/mol. The first-order valence-electron chi connectivity index (χ1n) is 24.6. The fourth-order valence-corrected chi connectivity index (χ4v) is 12.0. The molecule has 0 spiro atoms. The molecule has 13 aromatic rings. The molecule has 0 atom stereocenters. The lowest BCUT2D eigenvalue weighted by atomic mass is 9.67. The number of para-hydroxylation sites is 3. The number of anilines is 3. The molecule has 2 nitrogen and oxygen atoms in total. The Hall–Kier alpha value is -9.24. The van der Waals surface area contributed by atoms with Crippen LogP contribution in [0.4, 0.5) is 17.1 Å². The maximum absolute atomic E-state index is 2.52. The van der Waals surface area contributed by atoms with Gasteiger partial charge in [0.25, 0.3) is 0 Å². The van der Waals surface area contributed by atoms with E-state index >= 15 is 0 Å². The minimum Gasteiger partial charge on any atom is -0.310 e. The van der Waals surface area contributed by atoms with E-state index in [1.807, 2.05) is 0 Å². The molecule has 0 amide bonds. The Morgan fingerprint density at radius 2 is 0.873 bits per heavy atom. The summed E-state index contributed by atoms with van der Waals surface area (Å²) in [6.45, 7) is 0. The van der Waals surface area contributed by atoms with E-state index in [9.17, 15) is 0 Å². The van der Waals surface area contributed by atoms with Crippen LogP contribution >= 0.6 is 0 Å². The van der Waals surface area contributed by atoms with E-state index in [2.05, 4.69) is 289 Å². The van der Waals surface area contributed by atoms with Crippen LogP contribution in [0.3, 0.4) is 0 Å². The largest absolute Gasteiger partial charge is 0.310 e. The van der Waals surface area contributed by atoms with E-state index < -0.39 is 5.41 Å². The number of hydrogen-bond acceptors (Lipinski definition) is 1. The summed E-state index contributed by atoms with van der Waals surface area (Å²) in [5.41, 5.74) is 18.7. The maximum Gasteiger partial charge on any atom is 0.0714 e. The summed E-state index contributed by atoms with van der Waals surface area (Å²) in [5.74, 6) is 0. The number of hydrogen-bond donors (Lipinski definition) is 0. The Morgan fingerprint density at radius 3 is 1.56 bits per heavy atom. The van der Waals surface area contributed by atoms with Crippen molar-refractivity contribution in [3.05, 3.63) is 301 Å². The molecule has 1 heterocycles. The number of aromatic nitrogens is 1. The van der Waals surface area contributed by atoms with Crippen molar-refractivity contribution in [3.8, 4) is 39.1 Å². The van der Waals surface area contributed by atoms with Crippen molar-refractivity contribution >= 4 is 60.4 Å². The van der Waals surface area contributed by atoms with E-state index in [0.29, 0.717) is 0 Å². The van der Waals surface area contributed by atoms with Gasteiger partial charge in [0.15, 0.2) is 0 Å². The molecule has 71 heavy (non-hydrogen) atoms. The Morgan fingerprint density at radius 1 is 0.324 bits per heavy atom. The summed E-state index contributed by atoms with van der Waals surface area (Å²) >= 11 is 0. The van der Waals surface area contributed by atoms with Gasteiger partial charge in [-0.15, -0.1) is 0 Å². The lowest BCUT2D eigenvalue weighted by Crippen LogP contribution is -2.28. The summed E-state index contributed by atoms with van der Waals surface area (Å²) < 4.78 is 2.52. The highest BCUT2D eigenvalue weighted by molar-refractivity contribution is 6.22. The Balaban J connectivity index is 0.965. The monoisotopic (exact) mass is 902 g/mol. The SMILES string of the molecule is c1ccc(N(c2ccccc2)c2ccccc2-c2ccc(-c3ccc4c5c6ccccc6ccc5n(-c5ccc6c(c5)C(c5ccccc5)(c5ccccc5)c5ccc7ccccc7c5-6)c4c3)cc2)cc1. The van der Waals surface area contributed by atoms with Gasteiger partial charge in [-0.1, -0.05) is 224 Å². The second-order valence-corrected chi connectivity index (χ2v) is 18.8. The highest BCUT2D eigenvalue weighted by Crippen LogP contribution is 2.58. The van der Waals surface area contributed by atoms with E-state index in [1.165, 1.54) is 93.4 Å². The molecule has 1 aliphatic rings. The molecule has 332 valence electrons. The van der Waals surface area contributed by atoms with Gasteiger partial charge >= 0.3 is 0 Å². The molecule has 0 N–H and O–H groups in total. The molecule has 0 radical (unpaired) electrons. The van der Waals surface area contributed by atoms with Crippen LogP contribution in [-0.2, 0) is 5.41 Å². The zero-order chi connectivity index (χ0) is 46.9. The van der Waals surface area contributed by atoms with Gasteiger partial charge in [-0.05, 0) is 126 Å². The van der Waals surface area contributed by atoms with Crippen molar-refractivity contribution in [2.24, 2.45) is 0 Å². The molecule has 0 unspecified atom stereocenters.